The first-order valence-electron chi connectivity index (χ1n) is 7.01. The van der Waals surface area contributed by atoms with Crippen molar-refractivity contribution in [2.24, 2.45) is 5.92 Å². The summed E-state index contributed by atoms with van der Waals surface area (Å²) in [4.78, 5) is 29.8. The maximum Gasteiger partial charge on any atom is 0.353 e. The van der Waals surface area contributed by atoms with Gasteiger partial charge in [0.25, 0.3) is 0 Å². The zero-order valence-corrected chi connectivity index (χ0v) is 12.8. The lowest BCUT2D eigenvalue weighted by atomic mass is 9.83. The molecule has 1 saturated heterocycles. The highest BCUT2D eigenvalue weighted by Gasteiger charge is 2.56. The number of thioether (sulfide) groups is 1. The number of carboxylic acids is 1. The Hall–Kier alpha value is -1.86. The van der Waals surface area contributed by atoms with Gasteiger partial charge in [-0.3, -0.25) is 9.78 Å². The fourth-order valence-electron chi connectivity index (χ4n) is 3.00. The van der Waals surface area contributed by atoms with Crippen LogP contribution in [0.2, 0.25) is 0 Å². The first-order valence-corrected chi connectivity index (χ1v) is 7.99. The van der Waals surface area contributed by atoms with E-state index in [0.29, 0.717) is 17.1 Å². The average Bonchev–Trinajstić information content (AvgIpc) is 2.80. The third-order valence-electron chi connectivity index (χ3n) is 4.01. The van der Waals surface area contributed by atoms with Gasteiger partial charge in [-0.15, -0.1) is 11.8 Å². The molecule has 0 aliphatic carbocycles. The summed E-state index contributed by atoms with van der Waals surface area (Å²) in [6.45, 7) is 1.57. The van der Waals surface area contributed by atoms with E-state index in [1.54, 1.807) is 13.1 Å². The lowest BCUT2D eigenvalue weighted by Crippen LogP contribution is -2.61. The maximum atomic E-state index is 12.1. The molecule has 3 rings (SSSR count). The number of rotatable bonds is 5. The zero-order chi connectivity index (χ0) is 15.9. The van der Waals surface area contributed by atoms with E-state index in [0.717, 1.165) is 5.69 Å². The van der Waals surface area contributed by atoms with Crippen LogP contribution < -0.4 is 0 Å². The molecule has 2 N–H and O–H groups in total. The van der Waals surface area contributed by atoms with Gasteiger partial charge < -0.3 is 15.1 Å². The molecule has 2 unspecified atom stereocenters. The number of carbonyl (C=O) groups excluding carboxylic acids is 1. The highest BCUT2D eigenvalue weighted by atomic mass is 32.2. The second-order valence-corrected chi connectivity index (χ2v) is 6.50. The van der Waals surface area contributed by atoms with Crippen LogP contribution in [0, 0.1) is 5.92 Å². The SMILES string of the molecule is C[C@@H](O)C1C(=O)N2C(C(=O)O)=C(SCc3ccccn3)CC12. The Balaban J connectivity index is 1.78. The number of carbonyl (C=O) groups is 2. The van der Waals surface area contributed by atoms with E-state index in [1.807, 2.05) is 18.2 Å². The molecule has 22 heavy (non-hydrogen) atoms. The van der Waals surface area contributed by atoms with Crippen LogP contribution in [0.4, 0.5) is 0 Å². The van der Waals surface area contributed by atoms with Gasteiger partial charge >= 0.3 is 5.97 Å². The molecule has 116 valence electrons. The number of carboxylic acid groups (broad SMARTS) is 1. The lowest BCUT2D eigenvalue weighted by molar-refractivity contribution is -0.161. The fraction of sp³-hybridized carbons (Fsp3) is 0.400. The summed E-state index contributed by atoms with van der Waals surface area (Å²) in [5, 5.41) is 19.1. The van der Waals surface area contributed by atoms with Gasteiger partial charge in [0.15, 0.2) is 0 Å². The van der Waals surface area contributed by atoms with Gasteiger partial charge in [-0.25, -0.2) is 4.79 Å². The van der Waals surface area contributed by atoms with Gasteiger partial charge in [0.1, 0.15) is 5.70 Å². The van der Waals surface area contributed by atoms with E-state index in [4.69, 9.17) is 0 Å². The van der Waals surface area contributed by atoms with Crippen molar-refractivity contribution >= 4 is 23.6 Å². The normalized spacial score (nSPS) is 25.0. The largest absolute Gasteiger partial charge is 0.477 e. The molecule has 0 radical (unpaired) electrons. The molecule has 2 aliphatic rings. The van der Waals surface area contributed by atoms with Crippen LogP contribution in [0.3, 0.4) is 0 Å². The van der Waals surface area contributed by atoms with Gasteiger partial charge in [0, 0.05) is 23.3 Å². The highest BCUT2D eigenvalue weighted by molar-refractivity contribution is 8.02. The fourth-order valence-corrected chi connectivity index (χ4v) is 4.11. The number of fused-ring (bicyclic) bond motifs is 1. The van der Waals surface area contributed by atoms with Crippen molar-refractivity contribution in [3.05, 3.63) is 40.7 Å². The number of amides is 1. The molecule has 1 fully saturated rings. The number of β-lactam (4-membered cyclic amide) rings is 1. The van der Waals surface area contributed by atoms with Crippen LogP contribution in [0.1, 0.15) is 19.0 Å². The Labute approximate surface area is 131 Å². The van der Waals surface area contributed by atoms with E-state index in [2.05, 4.69) is 4.98 Å². The molecular weight excluding hydrogens is 304 g/mol. The monoisotopic (exact) mass is 320 g/mol. The third-order valence-corrected chi connectivity index (χ3v) is 5.16. The van der Waals surface area contributed by atoms with Crippen molar-refractivity contribution < 1.29 is 19.8 Å². The number of hydrogen-bond donors (Lipinski definition) is 2. The summed E-state index contributed by atoms with van der Waals surface area (Å²) in [5.41, 5.74) is 0.921. The second-order valence-electron chi connectivity index (χ2n) is 5.43. The quantitative estimate of drug-likeness (QED) is 0.793. The summed E-state index contributed by atoms with van der Waals surface area (Å²) in [7, 11) is 0. The zero-order valence-electron chi connectivity index (χ0n) is 12.0. The van der Waals surface area contributed by atoms with Gasteiger partial charge in [-0.05, 0) is 19.1 Å². The molecule has 0 spiro atoms. The molecule has 0 saturated carbocycles. The van der Waals surface area contributed by atoms with E-state index in [1.165, 1.54) is 16.7 Å². The van der Waals surface area contributed by atoms with Gasteiger partial charge in [-0.2, -0.15) is 0 Å². The van der Waals surface area contributed by atoms with Crippen LogP contribution in [0.25, 0.3) is 0 Å². The summed E-state index contributed by atoms with van der Waals surface area (Å²) >= 11 is 1.40. The van der Waals surface area contributed by atoms with Crippen LogP contribution in [-0.4, -0.2) is 44.1 Å². The number of hydrogen-bond acceptors (Lipinski definition) is 5. The molecule has 1 amide bonds. The Morgan fingerprint density at radius 1 is 1.55 bits per heavy atom. The van der Waals surface area contributed by atoms with E-state index in [-0.39, 0.29) is 17.6 Å². The van der Waals surface area contributed by atoms with Crippen LogP contribution >= 0.6 is 11.8 Å². The molecular formula is C15H16N2O4S. The lowest BCUT2D eigenvalue weighted by Gasteiger charge is -2.44. The smallest absolute Gasteiger partial charge is 0.353 e. The standard InChI is InChI=1S/C15H16N2O4S/c1-8(18)12-10-6-11(13(15(20)21)17(10)14(12)19)22-7-9-4-2-3-5-16-9/h2-5,8,10,12,18H,6-7H2,1H3,(H,20,21)/t8-,10?,12?/m1/s1. The van der Waals surface area contributed by atoms with Gasteiger partial charge in [0.05, 0.1) is 23.8 Å². The summed E-state index contributed by atoms with van der Waals surface area (Å²) in [6.07, 6.45) is 1.42. The number of aliphatic carboxylic acids is 1. The minimum Gasteiger partial charge on any atom is -0.477 e. The van der Waals surface area contributed by atoms with E-state index in [9.17, 15) is 19.8 Å². The Morgan fingerprint density at radius 3 is 2.91 bits per heavy atom. The van der Waals surface area contributed by atoms with Gasteiger partial charge in [-0.1, -0.05) is 6.07 Å². The molecule has 2 aliphatic heterocycles. The van der Waals surface area contributed by atoms with Crippen molar-refractivity contribution in [3.63, 3.8) is 0 Å². The van der Waals surface area contributed by atoms with Crippen molar-refractivity contribution in [1.82, 2.24) is 9.88 Å². The third kappa shape index (κ3) is 2.40. The van der Waals surface area contributed by atoms with Crippen molar-refractivity contribution in [2.75, 3.05) is 0 Å². The summed E-state index contributed by atoms with van der Waals surface area (Å²) < 4.78 is 0. The Kier molecular flexibility index (Phi) is 3.92. The van der Waals surface area contributed by atoms with Crippen LogP contribution in [0.15, 0.2) is 35.0 Å². The molecule has 1 aromatic rings. The van der Waals surface area contributed by atoms with Gasteiger partial charge in [0.2, 0.25) is 5.91 Å². The van der Waals surface area contributed by atoms with E-state index < -0.39 is 18.0 Å². The number of nitrogens with zero attached hydrogens (tertiary/aromatic N) is 2. The molecule has 3 heterocycles. The van der Waals surface area contributed by atoms with Crippen LogP contribution in [0.5, 0.6) is 0 Å². The topological polar surface area (TPSA) is 90.7 Å². The summed E-state index contributed by atoms with van der Waals surface area (Å²) in [5.74, 6) is -1.34. The number of pyridine rings is 1. The van der Waals surface area contributed by atoms with E-state index >= 15 is 0 Å². The Bertz CT molecular complexity index is 644. The summed E-state index contributed by atoms with van der Waals surface area (Å²) in [6, 6.07) is 5.35. The minimum atomic E-state index is -1.09. The molecule has 6 nitrogen and oxygen atoms in total. The maximum absolute atomic E-state index is 12.1. The number of aliphatic hydroxyl groups is 1. The highest BCUT2D eigenvalue weighted by Crippen LogP contribution is 2.47. The van der Waals surface area contributed by atoms with Crippen molar-refractivity contribution in [2.45, 2.75) is 31.2 Å². The van der Waals surface area contributed by atoms with Crippen molar-refractivity contribution in [3.8, 4) is 0 Å². The minimum absolute atomic E-state index is 0.0628. The Morgan fingerprint density at radius 2 is 2.32 bits per heavy atom. The first kappa shape index (κ1) is 15.1. The number of aromatic nitrogens is 1. The average molecular weight is 320 g/mol. The second kappa shape index (κ2) is 5.73. The number of aliphatic hydroxyl groups excluding tert-OH is 1. The van der Waals surface area contributed by atoms with Crippen LogP contribution in [-0.2, 0) is 15.3 Å². The first-order chi connectivity index (χ1) is 10.5. The predicted octanol–water partition coefficient (Wildman–Crippen LogP) is 1.22. The molecule has 0 aromatic carbocycles. The molecule has 7 heteroatoms. The molecule has 3 atom stereocenters. The predicted molar refractivity (Wildman–Crippen MR) is 80.6 cm³/mol. The molecule has 1 aromatic heterocycles. The molecule has 0 bridgehead atoms. The van der Waals surface area contributed by atoms with Crippen molar-refractivity contribution in [1.29, 1.82) is 0 Å².